The predicted molar refractivity (Wildman–Crippen MR) is 84.3 cm³/mol. The number of nitrogens with zero attached hydrogens (tertiary/aromatic N) is 1. The molecule has 0 spiro atoms. The summed E-state index contributed by atoms with van der Waals surface area (Å²) in [6.45, 7) is 2.93. The highest BCUT2D eigenvalue weighted by molar-refractivity contribution is 5.35. The first kappa shape index (κ1) is 15.2. The van der Waals surface area contributed by atoms with Crippen molar-refractivity contribution >= 4 is 5.69 Å². The van der Waals surface area contributed by atoms with Gasteiger partial charge in [0.25, 0.3) is 5.69 Å². The van der Waals surface area contributed by atoms with Crippen molar-refractivity contribution in [1.29, 1.82) is 0 Å². The molecule has 21 heavy (non-hydrogen) atoms. The third kappa shape index (κ3) is 4.39. The highest BCUT2D eigenvalue weighted by Crippen LogP contribution is 2.21. The molecule has 1 N–H and O–H groups in total. The second kappa shape index (κ2) is 7.55. The summed E-state index contributed by atoms with van der Waals surface area (Å²) in [6.07, 6.45) is 1.85. The number of rotatable bonds is 7. The molecule has 0 heterocycles. The Bertz CT molecular complexity index is 584. The van der Waals surface area contributed by atoms with Crippen molar-refractivity contribution < 1.29 is 4.92 Å². The zero-order valence-electron chi connectivity index (χ0n) is 12.2. The van der Waals surface area contributed by atoms with Crippen LogP contribution in [0.5, 0.6) is 0 Å². The van der Waals surface area contributed by atoms with Gasteiger partial charge in [0, 0.05) is 18.2 Å². The molecule has 4 nitrogen and oxygen atoms in total. The Balaban J connectivity index is 1.96. The normalized spacial score (nSPS) is 12.0. The smallest absolute Gasteiger partial charge is 0.269 e. The third-order valence-corrected chi connectivity index (χ3v) is 3.54. The van der Waals surface area contributed by atoms with E-state index in [1.807, 2.05) is 24.3 Å². The summed E-state index contributed by atoms with van der Waals surface area (Å²) in [6, 6.07) is 17.3. The van der Waals surface area contributed by atoms with E-state index in [1.54, 1.807) is 12.1 Å². The summed E-state index contributed by atoms with van der Waals surface area (Å²) >= 11 is 0. The standard InChI is InChI=1S/C17H20N2O2/c1-2-17(15-9-6-10-16(13-15)19(20)21)18-12-11-14-7-4-3-5-8-14/h3-10,13,17-18H,2,11-12H2,1H3. The Hall–Kier alpha value is -2.20. The van der Waals surface area contributed by atoms with E-state index in [2.05, 4.69) is 24.4 Å². The molecule has 0 saturated heterocycles. The van der Waals surface area contributed by atoms with Gasteiger partial charge < -0.3 is 5.32 Å². The van der Waals surface area contributed by atoms with Gasteiger partial charge in [-0.2, -0.15) is 0 Å². The van der Waals surface area contributed by atoms with E-state index >= 15 is 0 Å². The van der Waals surface area contributed by atoms with Gasteiger partial charge in [0.15, 0.2) is 0 Å². The lowest BCUT2D eigenvalue weighted by molar-refractivity contribution is -0.384. The Morgan fingerprint density at radius 3 is 2.57 bits per heavy atom. The summed E-state index contributed by atoms with van der Waals surface area (Å²) < 4.78 is 0. The van der Waals surface area contributed by atoms with Gasteiger partial charge in [-0.25, -0.2) is 0 Å². The maximum atomic E-state index is 10.8. The van der Waals surface area contributed by atoms with Crippen LogP contribution in [0.15, 0.2) is 54.6 Å². The Morgan fingerprint density at radius 2 is 1.90 bits per heavy atom. The van der Waals surface area contributed by atoms with E-state index in [0.717, 1.165) is 24.9 Å². The summed E-state index contributed by atoms with van der Waals surface area (Å²) in [5, 5.41) is 14.3. The van der Waals surface area contributed by atoms with Crippen molar-refractivity contribution in [2.75, 3.05) is 6.54 Å². The van der Waals surface area contributed by atoms with Crippen molar-refractivity contribution in [2.24, 2.45) is 0 Å². The quantitative estimate of drug-likeness (QED) is 0.620. The number of benzene rings is 2. The first-order valence-corrected chi connectivity index (χ1v) is 7.22. The van der Waals surface area contributed by atoms with Crippen LogP contribution in [-0.2, 0) is 6.42 Å². The van der Waals surface area contributed by atoms with Gasteiger partial charge in [0.1, 0.15) is 0 Å². The van der Waals surface area contributed by atoms with E-state index in [-0.39, 0.29) is 16.7 Å². The predicted octanol–water partition coefficient (Wildman–Crippen LogP) is 3.88. The molecule has 0 bridgehead atoms. The number of hydrogen-bond donors (Lipinski definition) is 1. The lowest BCUT2D eigenvalue weighted by Gasteiger charge is -2.17. The summed E-state index contributed by atoms with van der Waals surface area (Å²) in [4.78, 5) is 10.5. The maximum Gasteiger partial charge on any atom is 0.269 e. The molecule has 0 aliphatic rings. The molecular formula is C17H20N2O2. The van der Waals surface area contributed by atoms with Gasteiger partial charge in [0.2, 0.25) is 0 Å². The first-order valence-electron chi connectivity index (χ1n) is 7.22. The second-order valence-corrected chi connectivity index (χ2v) is 5.00. The molecule has 0 saturated carbocycles. The van der Waals surface area contributed by atoms with E-state index in [0.29, 0.717) is 0 Å². The second-order valence-electron chi connectivity index (χ2n) is 5.00. The van der Waals surface area contributed by atoms with Gasteiger partial charge in [0.05, 0.1) is 4.92 Å². The molecule has 1 atom stereocenters. The SMILES string of the molecule is CCC(NCCc1ccccc1)c1cccc([N+](=O)[O-])c1. The molecule has 0 amide bonds. The van der Waals surface area contributed by atoms with Gasteiger partial charge in [-0.15, -0.1) is 0 Å². The molecule has 0 radical (unpaired) electrons. The highest BCUT2D eigenvalue weighted by atomic mass is 16.6. The van der Waals surface area contributed by atoms with Crippen LogP contribution in [0.25, 0.3) is 0 Å². The van der Waals surface area contributed by atoms with Gasteiger partial charge in [-0.3, -0.25) is 10.1 Å². The molecular weight excluding hydrogens is 264 g/mol. The van der Waals surface area contributed by atoms with Crippen molar-refractivity contribution in [2.45, 2.75) is 25.8 Å². The molecule has 0 aliphatic heterocycles. The molecule has 1 unspecified atom stereocenters. The maximum absolute atomic E-state index is 10.8. The topological polar surface area (TPSA) is 55.2 Å². The lowest BCUT2D eigenvalue weighted by Crippen LogP contribution is -2.23. The van der Waals surface area contributed by atoms with Crippen LogP contribution < -0.4 is 5.32 Å². The summed E-state index contributed by atoms with van der Waals surface area (Å²) in [5.74, 6) is 0. The molecule has 2 aromatic rings. The molecule has 110 valence electrons. The fraction of sp³-hybridized carbons (Fsp3) is 0.294. The zero-order valence-corrected chi connectivity index (χ0v) is 12.2. The zero-order chi connectivity index (χ0) is 15.1. The van der Waals surface area contributed by atoms with Crippen molar-refractivity contribution in [3.63, 3.8) is 0 Å². The minimum atomic E-state index is -0.347. The number of hydrogen-bond acceptors (Lipinski definition) is 3. The number of nitrogens with one attached hydrogen (secondary N) is 1. The van der Waals surface area contributed by atoms with Crippen molar-refractivity contribution in [3.8, 4) is 0 Å². The molecule has 0 fully saturated rings. The van der Waals surface area contributed by atoms with Gasteiger partial charge in [-0.1, -0.05) is 49.4 Å². The van der Waals surface area contributed by atoms with E-state index in [4.69, 9.17) is 0 Å². The third-order valence-electron chi connectivity index (χ3n) is 3.54. The van der Waals surface area contributed by atoms with E-state index in [1.165, 1.54) is 11.6 Å². The van der Waals surface area contributed by atoms with Gasteiger partial charge in [-0.05, 0) is 30.5 Å². The van der Waals surface area contributed by atoms with Gasteiger partial charge >= 0.3 is 0 Å². The average molecular weight is 284 g/mol. The minimum absolute atomic E-state index is 0.147. The van der Waals surface area contributed by atoms with Crippen LogP contribution >= 0.6 is 0 Å². The largest absolute Gasteiger partial charge is 0.310 e. The van der Waals surface area contributed by atoms with Crippen LogP contribution in [0.4, 0.5) is 5.69 Å². The Labute approximate surface area is 125 Å². The first-order chi connectivity index (χ1) is 10.2. The Kier molecular flexibility index (Phi) is 5.46. The van der Waals surface area contributed by atoms with Crippen LogP contribution in [0, 0.1) is 10.1 Å². The van der Waals surface area contributed by atoms with Crippen LogP contribution in [0.2, 0.25) is 0 Å². The van der Waals surface area contributed by atoms with Crippen molar-refractivity contribution in [1.82, 2.24) is 5.32 Å². The fourth-order valence-electron chi connectivity index (χ4n) is 2.39. The number of nitro groups is 1. The minimum Gasteiger partial charge on any atom is -0.310 e. The fourth-order valence-corrected chi connectivity index (χ4v) is 2.39. The summed E-state index contributed by atoms with van der Waals surface area (Å²) in [5.41, 5.74) is 2.41. The molecule has 2 aromatic carbocycles. The van der Waals surface area contributed by atoms with Crippen LogP contribution in [0.3, 0.4) is 0 Å². The monoisotopic (exact) mass is 284 g/mol. The van der Waals surface area contributed by atoms with Crippen LogP contribution in [-0.4, -0.2) is 11.5 Å². The molecule has 0 aromatic heterocycles. The Morgan fingerprint density at radius 1 is 1.14 bits per heavy atom. The average Bonchev–Trinajstić information content (AvgIpc) is 2.52. The number of nitro benzene ring substituents is 1. The lowest BCUT2D eigenvalue weighted by atomic mass is 10.0. The molecule has 0 aliphatic carbocycles. The number of non-ortho nitro benzene ring substituents is 1. The molecule has 4 heteroatoms. The van der Waals surface area contributed by atoms with Crippen molar-refractivity contribution in [3.05, 3.63) is 75.8 Å². The highest BCUT2D eigenvalue weighted by Gasteiger charge is 2.12. The van der Waals surface area contributed by atoms with E-state index < -0.39 is 0 Å². The van der Waals surface area contributed by atoms with Crippen LogP contribution in [0.1, 0.15) is 30.5 Å². The molecule has 2 rings (SSSR count). The van der Waals surface area contributed by atoms with E-state index in [9.17, 15) is 10.1 Å². The summed E-state index contributed by atoms with van der Waals surface area (Å²) in [7, 11) is 0.